The van der Waals surface area contributed by atoms with Crippen molar-refractivity contribution in [1.29, 1.82) is 0 Å². The summed E-state index contributed by atoms with van der Waals surface area (Å²) in [6.45, 7) is 10.3. The molecule has 3 rings (SSSR count). The first kappa shape index (κ1) is 42.6. The van der Waals surface area contributed by atoms with Crippen molar-refractivity contribution in [2.45, 2.75) is 48.2 Å². The fraction of sp³-hybridized carbons (Fsp3) is 0.278. The molecule has 282 valence electrons. The number of hydrogen-bond donors (Lipinski definition) is 1. The van der Waals surface area contributed by atoms with E-state index in [-0.39, 0.29) is 10.5 Å². The van der Waals surface area contributed by atoms with Crippen molar-refractivity contribution in [3.8, 4) is 11.8 Å². The second kappa shape index (κ2) is 18.8. The molecular weight excluding hydrogens is 792 g/mol. The highest BCUT2D eigenvalue weighted by atomic mass is 79.9. The van der Waals surface area contributed by atoms with Gasteiger partial charge in [0.15, 0.2) is 4.90 Å². The maximum atomic E-state index is 13.9. The Hall–Kier alpha value is -4.86. The van der Waals surface area contributed by atoms with Crippen molar-refractivity contribution in [1.82, 2.24) is 13.9 Å². The molecule has 17 heteroatoms. The molecule has 0 spiro atoms. The van der Waals surface area contributed by atoms with Crippen LogP contribution in [0.5, 0.6) is 0 Å². The molecule has 0 saturated carbocycles. The summed E-state index contributed by atoms with van der Waals surface area (Å²) in [6.07, 6.45) is 1.67. The zero-order valence-electron chi connectivity index (χ0n) is 29.2. The van der Waals surface area contributed by atoms with Crippen LogP contribution in [-0.4, -0.2) is 86.4 Å². The Labute approximate surface area is 317 Å². The minimum absolute atomic E-state index is 0.105. The van der Waals surface area contributed by atoms with Crippen molar-refractivity contribution >= 4 is 53.7 Å². The Morgan fingerprint density at radius 3 is 2.11 bits per heavy atom. The number of ether oxygens (including phenoxy) is 2. The fourth-order valence-electron chi connectivity index (χ4n) is 4.56. The smallest absolute Gasteiger partial charge is 0.408 e. The third kappa shape index (κ3) is 12.1. The molecule has 3 aromatic rings. The largest absolute Gasteiger partial charge is 0.460 e. The maximum absolute atomic E-state index is 13.9. The second-order valence-corrected chi connectivity index (χ2v) is 16.8. The Balaban J connectivity index is 2.00. The number of rotatable bonds is 16. The van der Waals surface area contributed by atoms with Gasteiger partial charge in [-0.05, 0) is 63.2 Å². The van der Waals surface area contributed by atoms with Crippen LogP contribution in [0.25, 0.3) is 0 Å². The third-order valence-electron chi connectivity index (χ3n) is 7.14. The highest BCUT2D eigenvalue weighted by Crippen LogP contribution is 2.27. The molecule has 0 heterocycles. The number of esters is 1. The van der Waals surface area contributed by atoms with Crippen molar-refractivity contribution in [3.63, 3.8) is 0 Å². The molecule has 3 aromatic carbocycles. The lowest BCUT2D eigenvalue weighted by molar-refractivity contribution is -0.387. The Kier molecular flexibility index (Phi) is 15.1. The van der Waals surface area contributed by atoms with Gasteiger partial charge in [-0.2, -0.15) is 8.61 Å². The van der Waals surface area contributed by atoms with Crippen LogP contribution in [0.15, 0.2) is 118 Å². The van der Waals surface area contributed by atoms with Crippen LogP contribution in [0.1, 0.15) is 31.1 Å². The fourth-order valence-corrected chi connectivity index (χ4v) is 7.84. The highest BCUT2D eigenvalue weighted by Gasteiger charge is 2.34. The van der Waals surface area contributed by atoms with E-state index < -0.39 is 91.5 Å². The molecule has 1 N–H and O–H groups in total. The van der Waals surface area contributed by atoms with Crippen LogP contribution in [0.4, 0.5) is 10.5 Å². The zero-order chi connectivity index (χ0) is 39.4. The van der Waals surface area contributed by atoms with Gasteiger partial charge in [-0.3, -0.25) is 10.1 Å². The molecule has 0 aliphatic carbocycles. The van der Waals surface area contributed by atoms with Gasteiger partial charge in [0.1, 0.15) is 12.2 Å². The van der Waals surface area contributed by atoms with E-state index in [9.17, 15) is 36.5 Å². The van der Waals surface area contributed by atoms with Crippen LogP contribution < -0.4 is 5.32 Å². The predicted molar refractivity (Wildman–Crippen MR) is 202 cm³/mol. The molecule has 0 aliphatic heterocycles. The van der Waals surface area contributed by atoms with Crippen molar-refractivity contribution in [2.24, 2.45) is 0 Å². The number of benzene rings is 3. The molecule has 0 fully saturated rings. The van der Waals surface area contributed by atoms with E-state index in [0.29, 0.717) is 4.47 Å². The number of nitrogens with zero attached hydrogens (tertiary/aromatic N) is 3. The minimum atomic E-state index is -4.66. The van der Waals surface area contributed by atoms with E-state index in [1.807, 2.05) is 0 Å². The molecule has 0 radical (unpaired) electrons. The van der Waals surface area contributed by atoms with Gasteiger partial charge >= 0.3 is 12.1 Å². The molecule has 0 aliphatic rings. The van der Waals surface area contributed by atoms with E-state index in [1.54, 1.807) is 39.0 Å². The summed E-state index contributed by atoms with van der Waals surface area (Å²) in [5.41, 5.74) is -1.31. The minimum Gasteiger partial charge on any atom is -0.460 e. The van der Waals surface area contributed by atoms with Crippen LogP contribution in [0.3, 0.4) is 0 Å². The summed E-state index contributed by atoms with van der Waals surface area (Å²) in [6, 6.07) is 16.5. The number of sulfonamides is 2. The molecular formula is C36H39BrN4O10S2. The molecule has 1 amide bonds. The van der Waals surface area contributed by atoms with Crippen LogP contribution in [0.2, 0.25) is 0 Å². The molecule has 14 nitrogen and oxygen atoms in total. The van der Waals surface area contributed by atoms with Gasteiger partial charge in [-0.1, -0.05) is 70.3 Å². The molecule has 0 unspecified atom stereocenters. The number of alkyl carbamates (subject to hydrolysis) is 1. The first-order chi connectivity index (χ1) is 24.9. The number of carbonyl (C=O) groups excluding carboxylic acids is 2. The number of hydrogen-bond acceptors (Lipinski definition) is 10. The van der Waals surface area contributed by atoms with Gasteiger partial charge in [0, 0.05) is 17.1 Å². The van der Waals surface area contributed by atoms with Crippen LogP contribution in [-0.2, 0) is 29.5 Å². The molecule has 0 aromatic heterocycles. The Bertz CT molecular complexity index is 2080. The van der Waals surface area contributed by atoms with Gasteiger partial charge in [0.05, 0.1) is 40.6 Å². The first-order valence-corrected chi connectivity index (χ1v) is 19.5. The Morgan fingerprint density at radius 2 is 1.53 bits per heavy atom. The summed E-state index contributed by atoms with van der Waals surface area (Å²) in [4.78, 5) is 35.4. The third-order valence-corrected chi connectivity index (χ3v) is 11.4. The topological polar surface area (TPSA) is 183 Å². The quantitative estimate of drug-likeness (QED) is 0.0634. The SMILES string of the molecule is C=C[C@@H](CN(CC#CCN([C@@H](C=C)COC(=O)c1ccccc1)S(=O)(=O)c1ccc(Br)cc1)S(=O)(=O)c1ccccc1[N+](=O)[O-])NC(=O)OC(C)(C)C. The van der Waals surface area contributed by atoms with Gasteiger partial charge in [-0.15, -0.1) is 13.2 Å². The number of amides is 1. The average molecular weight is 832 g/mol. The number of halogens is 1. The number of nitrogens with one attached hydrogen (secondary N) is 1. The number of nitro benzene ring substituents is 1. The van der Waals surface area contributed by atoms with Crippen LogP contribution in [0, 0.1) is 22.0 Å². The normalized spacial score (nSPS) is 12.9. The molecule has 2 atom stereocenters. The van der Waals surface area contributed by atoms with E-state index >= 15 is 0 Å². The number of nitro groups is 1. The van der Waals surface area contributed by atoms with Crippen molar-refractivity contribution in [2.75, 3.05) is 26.2 Å². The zero-order valence-corrected chi connectivity index (χ0v) is 32.4. The van der Waals surface area contributed by atoms with Crippen molar-refractivity contribution < 1.29 is 40.8 Å². The lowest BCUT2D eigenvalue weighted by Crippen LogP contribution is -2.46. The van der Waals surface area contributed by atoms with Gasteiger partial charge < -0.3 is 14.8 Å². The summed E-state index contributed by atoms with van der Waals surface area (Å²) in [7, 11) is -8.97. The predicted octanol–water partition coefficient (Wildman–Crippen LogP) is 5.53. The highest BCUT2D eigenvalue weighted by molar-refractivity contribution is 9.10. The number of carbonyl (C=O) groups is 2. The lowest BCUT2D eigenvalue weighted by atomic mass is 10.2. The summed E-state index contributed by atoms with van der Waals surface area (Å²) >= 11 is 3.28. The summed E-state index contributed by atoms with van der Waals surface area (Å²) in [5.74, 6) is 4.64. The first-order valence-electron chi connectivity index (χ1n) is 15.8. The lowest BCUT2D eigenvalue weighted by Gasteiger charge is -2.27. The summed E-state index contributed by atoms with van der Waals surface area (Å²) < 4.78 is 68.9. The maximum Gasteiger partial charge on any atom is 0.408 e. The molecule has 53 heavy (non-hydrogen) atoms. The standard InChI is InChI=1S/C36H39BrN4O10S2/c1-6-29(38-35(43)51-36(3,4)5)25-39(53(48,49)33-18-12-11-17-32(33)41(44)45)23-13-14-24-40(52(46,47)31-21-19-28(37)20-22-31)30(7-2)26-50-34(42)27-15-9-8-10-16-27/h6-12,15-22,29-30H,1-2,23-26H2,3-5H3,(H,38,43)/t29-,30-/m0/s1. The van der Waals surface area contributed by atoms with Gasteiger partial charge in [0.25, 0.3) is 15.7 Å². The van der Waals surface area contributed by atoms with Gasteiger partial charge in [-0.25, -0.2) is 26.4 Å². The van der Waals surface area contributed by atoms with Crippen molar-refractivity contribution in [3.05, 3.63) is 124 Å². The van der Waals surface area contributed by atoms with Gasteiger partial charge in [0.2, 0.25) is 10.0 Å². The number of para-hydroxylation sites is 1. The van der Waals surface area contributed by atoms with Crippen LogP contribution >= 0.6 is 15.9 Å². The monoisotopic (exact) mass is 830 g/mol. The molecule has 0 bridgehead atoms. The second-order valence-electron chi connectivity index (χ2n) is 12.1. The van der Waals surface area contributed by atoms with E-state index in [1.165, 1.54) is 60.7 Å². The van der Waals surface area contributed by atoms with E-state index in [4.69, 9.17) is 9.47 Å². The molecule has 0 saturated heterocycles. The average Bonchev–Trinajstić information content (AvgIpc) is 3.11. The van der Waals surface area contributed by atoms with E-state index in [0.717, 1.165) is 20.7 Å². The summed E-state index contributed by atoms with van der Waals surface area (Å²) in [5, 5.41) is 14.3. The Morgan fingerprint density at radius 1 is 0.925 bits per heavy atom. The van der Waals surface area contributed by atoms with E-state index in [2.05, 4.69) is 46.2 Å².